The zero-order valence-electron chi connectivity index (χ0n) is 15.1. The van der Waals surface area contributed by atoms with E-state index in [2.05, 4.69) is 25.4 Å². The zero-order valence-corrected chi connectivity index (χ0v) is 17.5. The second kappa shape index (κ2) is 8.38. The highest BCUT2D eigenvalue weighted by atomic mass is 79.9. The van der Waals surface area contributed by atoms with Gasteiger partial charge in [0.1, 0.15) is 4.90 Å². The normalized spacial score (nSPS) is 14.8. The van der Waals surface area contributed by atoms with Crippen molar-refractivity contribution in [1.29, 1.82) is 0 Å². The number of hydrogen-bond acceptors (Lipinski definition) is 6. The molecule has 2 aromatic carbocycles. The number of methoxy groups -OCH3 is 2. The highest BCUT2D eigenvalue weighted by molar-refractivity contribution is 9.10. The monoisotopic (exact) mass is 469 g/mol. The van der Waals surface area contributed by atoms with Gasteiger partial charge >= 0.3 is 0 Å². The van der Waals surface area contributed by atoms with Gasteiger partial charge in [-0.2, -0.15) is 13.5 Å². The van der Waals surface area contributed by atoms with Crippen LogP contribution in [0.2, 0.25) is 0 Å². The number of ether oxygens (including phenoxy) is 2. The van der Waals surface area contributed by atoms with Crippen LogP contribution in [-0.2, 0) is 14.8 Å². The largest absolute Gasteiger partial charge is 0.494 e. The number of fused-ring (bicyclic) bond motifs is 1. The summed E-state index contributed by atoms with van der Waals surface area (Å²) in [6, 6.07) is 9.20. The molecular formula is C18H17BrFN3O4S. The molecule has 0 spiro atoms. The van der Waals surface area contributed by atoms with Crippen molar-refractivity contribution < 1.29 is 22.3 Å². The van der Waals surface area contributed by atoms with E-state index in [4.69, 9.17) is 9.47 Å². The first-order chi connectivity index (χ1) is 13.4. The second-order valence-electron chi connectivity index (χ2n) is 5.78. The molecule has 0 aliphatic carbocycles. The maximum atomic E-state index is 13.6. The topological polar surface area (TPSA) is 80.6 Å². The Hall–Kier alpha value is -2.30. The maximum absolute atomic E-state index is 13.6. The molecule has 0 N–H and O–H groups in total. The Labute approximate surface area is 170 Å². The minimum atomic E-state index is -3.81. The van der Waals surface area contributed by atoms with Gasteiger partial charge in [-0.05, 0) is 35.9 Å². The highest BCUT2D eigenvalue weighted by Crippen LogP contribution is 2.30. The van der Waals surface area contributed by atoms with E-state index in [-0.39, 0.29) is 23.0 Å². The van der Waals surface area contributed by atoms with Crippen molar-refractivity contribution >= 4 is 38.0 Å². The smallest absolute Gasteiger partial charge is 0.285 e. The predicted molar refractivity (Wildman–Crippen MR) is 107 cm³/mol. The Balaban J connectivity index is 1.98. The molecule has 1 aliphatic rings. The summed E-state index contributed by atoms with van der Waals surface area (Å²) >= 11 is 3.28. The van der Waals surface area contributed by atoms with Crippen LogP contribution in [0.15, 0.2) is 55.3 Å². The van der Waals surface area contributed by atoms with Crippen LogP contribution in [0, 0.1) is 5.82 Å². The molecule has 148 valence electrons. The molecule has 0 radical (unpaired) electrons. The first-order valence-corrected chi connectivity index (χ1v) is 10.4. The fraction of sp³-hybridized carbons (Fsp3) is 0.222. The van der Waals surface area contributed by atoms with Gasteiger partial charge in [-0.15, -0.1) is 4.40 Å². The van der Waals surface area contributed by atoms with Gasteiger partial charge in [0.25, 0.3) is 10.0 Å². The van der Waals surface area contributed by atoms with Gasteiger partial charge in [-0.3, -0.25) is 0 Å². The van der Waals surface area contributed by atoms with Crippen LogP contribution < -0.4 is 4.74 Å². The highest BCUT2D eigenvalue weighted by Gasteiger charge is 2.32. The summed E-state index contributed by atoms with van der Waals surface area (Å²) in [7, 11) is -0.909. The summed E-state index contributed by atoms with van der Waals surface area (Å²) in [5.74, 6) is -0.199. The Morgan fingerprint density at radius 2 is 2.04 bits per heavy atom. The molecule has 3 rings (SSSR count). The Bertz CT molecular complexity index is 1060. The van der Waals surface area contributed by atoms with Crippen LogP contribution in [0.4, 0.5) is 4.39 Å². The molecule has 0 saturated carbocycles. The minimum Gasteiger partial charge on any atom is -0.494 e. The molecule has 0 atom stereocenters. The van der Waals surface area contributed by atoms with Gasteiger partial charge in [0.2, 0.25) is 0 Å². The van der Waals surface area contributed by atoms with E-state index in [0.717, 1.165) is 0 Å². The molecule has 1 heterocycles. The third-order valence-corrected chi connectivity index (χ3v) is 5.74. The average molecular weight is 470 g/mol. The van der Waals surface area contributed by atoms with E-state index >= 15 is 0 Å². The first kappa shape index (κ1) is 20.4. The number of sulfonamides is 1. The van der Waals surface area contributed by atoms with Crippen molar-refractivity contribution in [3.8, 4) is 5.75 Å². The average Bonchev–Trinajstić information content (AvgIpc) is 2.93. The van der Waals surface area contributed by atoms with Gasteiger partial charge in [0, 0.05) is 17.1 Å². The summed E-state index contributed by atoms with van der Waals surface area (Å²) in [6.45, 7) is 0.574. The van der Waals surface area contributed by atoms with Gasteiger partial charge in [0.05, 0.1) is 26.5 Å². The van der Waals surface area contributed by atoms with E-state index < -0.39 is 15.8 Å². The molecule has 0 unspecified atom stereocenters. The summed E-state index contributed by atoms with van der Waals surface area (Å²) in [4.78, 5) is 0.109. The van der Waals surface area contributed by atoms with Crippen LogP contribution in [0.3, 0.4) is 0 Å². The molecule has 10 heteroatoms. The SMILES string of the molecule is COCCN(/N=C/c1ccc(F)c(OC)c1)C1=NS(=O)(=O)c2cc(Br)ccc21. The van der Waals surface area contributed by atoms with Crippen LogP contribution in [0.1, 0.15) is 11.1 Å². The number of hydrazone groups is 1. The van der Waals surface area contributed by atoms with Gasteiger partial charge in [-0.25, -0.2) is 9.40 Å². The van der Waals surface area contributed by atoms with Crippen molar-refractivity contribution in [2.24, 2.45) is 9.50 Å². The molecule has 28 heavy (non-hydrogen) atoms. The minimum absolute atomic E-state index is 0.0865. The molecule has 0 amide bonds. The quantitative estimate of drug-likeness (QED) is 0.479. The van der Waals surface area contributed by atoms with Crippen LogP contribution in [0.25, 0.3) is 0 Å². The van der Waals surface area contributed by atoms with Crippen molar-refractivity contribution in [2.75, 3.05) is 27.4 Å². The Morgan fingerprint density at radius 1 is 1.25 bits per heavy atom. The number of amidine groups is 1. The lowest BCUT2D eigenvalue weighted by Gasteiger charge is -2.18. The summed E-state index contributed by atoms with van der Waals surface area (Å²) in [5, 5.41) is 5.79. The Morgan fingerprint density at radius 3 is 2.75 bits per heavy atom. The zero-order chi connectivity index (χ0) is 20.3. The van der Waals surface area contributed by atoms with E-state index in [0.29, 0.717) is 22.2 Å². The lowest BCUT2D eigenvalue weighted by atomic mass is 10.2. The molecule has 7 nitrogen and oxygen atoms in total. The van der Waals surface area contributed by atoms with E-state index in [1.165, 1.54) is 49.7 Å². The van der Waals surface area contributed by atoms with Gasteiger partial charge in [-0.1, -0.05) is 22.0 Å². The van der Waals surface area contributed by atoms with Crippen molar-refractivity contribution in [2.45, 2.75) is 4.90 Å². The number of benzene rings is 2. The van der Waals surface area contributed by atoms with E-state index in [1.807, 2.05) is 0 Å². The van der Waals surface area contributed by atoms with E-state index in [9.17, 15) is 12.8 Å². The fourth-order valence-corrected chi connectivity index (χ4v) is 4.33. The molecule has 0 fully saturated rings. The Kier molecular flexibility index (Phi) is 6.11. The summed E-state index contributed by atoms with van der Waals surface area (Å²) in [5.41, 5.74) is 1.03. The van der Waals surface area contributed by atoms with Crippen LogP contribution in [0.5, 0.6) is 5.75 Å². The van der Waals surface area contributed by atoms with Crippen molar-refractivity contribution in [3.63, 3.8) is 0 Å². The second-order valence-corrected chi connectivity index (χ2v) is 8.27. The van der Waals surface area contributed by atoms with Gasteiger partial charge in [0.15, 0.2) is 17.4 Å². The molecule has 0 aromatic heterocycles. The predicted octanol–water partition coefficient (Wildman–Crippen LogP) is 3.03. The lowest BCUT2D eigenvalue weighted by Crippen LogP contribution is -2.29. The molecular weight excluding hydrogens is 453 g/mol. The third kappa shape index (κ3) is 4.23. The summed E-state index contributed by atoms with van der Waals surface area (Å²) in [6.07, 6.45) is 1.48. The van der Waals surface area contributed by atoms with Crippen LogP contribution >= 0.6 is 15.9 Å². The van der Waals surface area contributed by atoms with Crippen molar-refractivity contribution in [1.82, 2.24) is 5.01 Å². The fourth-order valence-electron chi connectivity index (χ4n) is 2.58. The molecule has 0 bridgehead atoms. The molecule has 2 aromatic rings. The molecule has 1 aliphatic heterocycles. The third-order valence-electron chi connectivity index (χ3n) is 3.94. The summed E-state index contributed by atoms with van der Waals surface area (Å²) < 4.78 is 53.0. The number of hydrogen-bond donors (Lipinski definition) is 0. The van der Waals surface area contributed by atoms with Crippen LogP contribution in [-0.4, -0.2) is 52.8 Å². The van der Waals surface area contributed by atoms with Crippen molar-refractivity contribution in [3.05, 3.63) is 57.8 Å². The standard InChI is InChI=1S/C18H17BrFN3O4S/c1-26-8-7-23(21-11-12-3-6-15(20)16(9-12)27-2)18-14-5-4-13(19)10-17(14)28(24,25)22-18/h3-6,9-11H,7-8H2,1-2H3/b21-11+. The maximum Gasteiger partial charge on any atom is 0.285 e. The van der Waals surface area contributed by atoms with Gasteiger partial charge < -0.3 is 9.47 Å². The number of rotatable bonds is 6. The first-order valence-electron chi connectivity index (χ1n) is 8.14. The number of halogens is 2. The molecule has 0 saturated heterocycles. The lowest BCUT2D eigenvalue weighted by molar-refractivity contribution is 0.178. The number of nitrogens with zero attached hydrogens (tertiary/aromatic N) is 3. The van der Waals surface area contributed by atoms with E-state index in [1.54, 1.807) is 12.1 Å².